The van der Waals surface area contributed by atoms with Crippen LogP contribution < -0.4 is 23.0 Å². The smallest absolute Gasteiger partial charge is 0.250 e. The highest BCUT2D eigenvalue weighted by Crippen LogP contribution is 2.40. The number of rotatable bonds is 27. The Labute approximate surface area is 623 Å². The van der Waals surface area contributed by atoms with Gasteiger partial charge in [0.25, 0.3) is 0 Å². The lowest BCUT2D eigenvalue weighted by molar-refractivity contribution is -0.132. The van der Waals surface area contributed by atoms with Gasteiger partial charge in [-0.3, -0.25) is 19.1 Å². The number of amides is 3. The summed E-state index contributed by atoms with van der Waals surface area (Å²) in [6.07, 6.45) is 10.0. The van der Waals surface area contributed by atoms with Crippen molar-refractivity contribution in [3.8, 4) is 17.2 Å². The Hall–Kier alpha value is -7.31. The Morgan fingerprint density at radius 1 is 0.471 bits per heavy atom. The molecule has 26 heteroatoms. The summed E-state index contributed by atoms with van der Waals surface area (Å²) in [5, 5.41) is 9.86. The van der Waals surface area contributed by atoms with E-state index in [-0.39, 0.29) is 70.2 Å². The van der Waals surface area contributed by atoms with E-state index in [1.54, 1.807) is 78.5 Å². The standard InChI is InChI=1S/C29H45N3O6S2Si.C27H41N3O2Si.C22H29N3O4S/c1-29(2,3)41(7,8)38-25-17-15-23(16-18-25)27(22-31-19-11-12-20-31)30(4)28(33)21-24-13-9-10-14-26(24)32(39(5,34)35)40(6,36)37;1-27(2,3)33(5,6)32-23-15-13-21(14-16-23)25(20-30-17-9-10-18-30)29(4)26(31)19-22-11-7-8-12-24(22)28;1-24(22(27)15-18-7-3-4-8-20(18)23-30(2,28)29)21(16-25-13-5-6-14-25)17-9-11-19(26)12-10-17/h9-10,13-18,27H,11-12,19-22H2,1-8H3;7-8,11-16,25H,9-10,17-20,28H2,1-6H3;3-4,7-12,21,23,26H,5-6,13-16H2,1-2H3/t27-;25-;21-/m111/s1. The number of nitrogen functional groups attached to an aromatic ring is 1. The quantitative estimate of drug-likeness (QED) is 0.0320. The Balaban J connectivity index is 0.000000221. The maximum Gasteiger partial charge on any atom is 0.250 e. The van der Waals surface area contributed by atoms with Crippen LogP contribution >= 0.6 is 0 Å². The molecule has 21 nitrogen and oxygen atoms in total. The van der Waals surface area contributed by atoms with Gasteiger partial charge >= 0.3 is 0 Å². The lowest BCUT2D eigenvalue weighted by Gasteiger charge is -2.36. The number of phenolic OH excluding ortho intramolecular Hbond substituents is 1. The Morgan fingerprint density at radius 2 is 0.779 bits per heavy atom. The summed E-state index contributed by atoms with van der Waals surface area (Å²) in [7, 11) is -10.2. The van der Waals surface area contributed by atoms with Gasteiger partial charge in [-0.2, -0.15) is 3.71 Å². The fraction of sp³-hybridized carbons (Fsp3) is 0.500. The van der Waals surface area contributed by atoms with Crippen molar-refractivity contribution in [3.63, 3.8) is 0 Å². The third-order valence-corrected chi connectivity index (χ3v) is 33.4. The summed E-state index contributed by atoms with van der Waals surface area (Å²) in [6.45, 7) is 30.6. The second-order valence-electron chi connectivity index (χ2n) is 31.2. The second-order valence-corrected chi connectivity index (χ2v) is 46.2. The molecule has 0 saturated carbocycles. The minimum absolute atomic E-state index is 0.0116. The maximum atomic E-state index is 13.7. The summed E-state index contributed by atoms with van der Waals surface area (Å²) in [6, 6.07) is 43.7. The molecular formula is C78H115N9O12S3Si2. The largest absolute Gasteiger partial charge is 0.544 e. The lowest BCUT2D eigenvalue weighted by Crippen LogP contribution is -2.43. The summed E-state index contributed by atoms with van der Waals surface area (Å²) >= 11 is 0. The van der Waals surface area contributed by atoms with Gasteiger partial charge in [0, 0.05) is 46.5 Å². The van der Waals surface area contributed by atoms with Crippen molar-refractivity contribution in [2.45, 2.75) is 154 Å². The van der Waals surface area contributed by atoms with Gasteiger partial charge in [-0.05, 0) is 202 Å². The van der Waals surface area contributed by atoms with Crippen molar-refractivity contribution in [3.05, 3.63) is 179 Å². The van der Waals surface area contributed by atoms with E-state index < -0.39 is 46.7 Å². The molecule has 0 bridgehead atoms. The molecule has 3 aliphatic heterocycles. The number of anilines is 3. The van der Waals surface area contributed by atoms with Crippen molar-refractivity contribution in [2.75, 3.05) is 113 Å². The van der Waals surface area contributed by atoms with Crippen LogP contribution in [0.4, 0.5) is 17.1 Å². The molecule has 3 fully saturated rings. The first-order valence-corrected chi connectivity index (χ1v) is 47.4. The molecule has 3 heterocycles. The first kappa shape index (κ1) is 84.0. The van der Waals surface area contributed by atoms with E-state index >= 15 is 0 Å². The zero-order valence-electron chi connectivity index (χ0n) is 64.2. The molecule has 0 radical (unpaired) electrons. The Kier molecular flexibility index (Phi) is 28.9. The van der Waals surface area contributed by atoms with Crippen LogP contribution in [0.15, 0.2) is 146 Å². The number of likely N-dealkylation sites (tertiary alicyclic amines) is 3. The predicted octanol–water partition coefficient (Wildman–Crippen LogP) is 12.7. The number of nitrogens with two attached hydrogens (primary N) is 1. The van der Waals surface area contributed by atoms with Crippen LogP contribution in [0.25, 0.3) is 0 Å². The van der Waals surface area contributed by atoms with Crippen LogP contribution in [0.3, 0.4) is 0 Å². The highest BCUT2D eigenvalue weighted by Gasteiger charge is 2.41. The first-order valence-electron chi connectivity index (χ1n) is 36.0. The van der Waals surface area contributed by atoms with Gasteiger partial charge in [0.1, 0.15) is 17.2 Å². The number of carbonyl (C=O) groups is 3. The predicted molar refractivity (Wildman–Crippen MR) is 426 cm³/mol. The number of sulfonamides is 3. The number of hydrogen-bond donors (Lipinski definition) is 3. The number of benzene rings is 6. The molecule has 570 valence electrons. The SMILES string of the molecule is CN(C(=O)Cc1ccccc1N(S(C)(=O)=O)S(C)(=O)=O)[C@H](CN1CCCC1)c1ccc(O[Si](C)(C)C(C)(C)C)cc1.CN(C(=O)Cc1ccccc1N)[C@H](CN1CCCC1)c1ccc(O[Si](C)(C)C(C)(C)C)cc1.CN(C(=O)Cc1ccccc1NS(C)(=O)=O)[C@H](CN1CCCC1)c1ccc(O)cc1. The number of para-hydroxylation sites is 3. The van der Waals surface area contributed by atoms with Gasteiger partial charge in [0.05, 0.1) is 67.5 Å². The summed E-state index contributed by atoms with van der Waals surface area (Å²) in [4.78, 5) is 52.6. The molecule has 0 unspecified atom stereocenters. The average molecular weight is 1520 g/mol. The molecule has 3 atom stereocenters. The molecule has 4 N–H and O–H groups in total. The third kappa shape index (κ3) is 24.1. The zero-order valence-corrected chi connectivity index (χ0v) is 68.6. The Morgan fingerprint density at radius 3 is 1.12 bits per heavy atom. The molecule has 6 aromatic carbocycles. The van der Waals surface area contributed by atoms with E-state index in [0.29, 0.717) is 39.2 Å². The van der Waals surface area contributed by atoms with E-state index in [1.165, 1.54) is 18.9 Å². The molecule has 9 rings (SSSR count). The number of carbonyl (C=O) groups excluding carboxylic acids is 3. The van der Waals surface area contributed by atoms with Crippen LogP contribution in [0.2, 0.25) is 36.3 Å². The van der Waals surface area contributed by atoms with E-state index in [2.05, 4.69) is 111 Å². The molecule has 3 amide bonds. The van der Waals surface area contributed by atoms with Gasteiger partial charge in [-0.25, -0.2) is 25.3 Å². The van der Waals surface area contributed by atoms with Crippen LogP contribution in [0.5, 0.6) is 17.2 Å². The number of nitrogens with zero attached hydrogens (tertiary/aromatic N) is 7. The number of aromatic hydroxyl groups is 1. The lowest BCUT2D eigenvalue weighted by atomic mass is 10.0. The molecule has 3 saturated heterocycles. The topological polar surface area (TPSA) is 253 Å². The second kappa shape index (κ2) is 35.9. The summed E-state index contributed by atoms with van der Waals surface area (Å²) in [5.74, 6) is 1.65. The fourth-order valence-electron chi connectivity index (χ4n) is 12.6. The van der Waals surface area contributed by atoms with Gasteiger partial charge in [-0.15, -0.1) is 0 Å². The monoisotopic (exact) mass is 1520 g/mol. The molecule has 6 aromatic rings. The molecule has 0 spiro atoms. The number of phenols is 1. The number of nitrogens with one attached hydrogen (secondary N) is 1. The molecular weight excluding hydrogens is 1410 g/mol. The van der Waals surface area contributed by atoms with Crippen LogP contribution in [-0.2, 0) is 63.7 Å². The zero-order chi connectivity index (χ0) is 76.8. The summed E-state index contributed by atoms with van der Waals surface area (Å²) in [5.41, 5.74) is 12.0. The minimum Gasteiger partial charge on any atom is -0.544 e. The van der Waals surface area contributed by atoms with Gasteiger partial charge in [-0.1, -0.05) is 133 Å². The van der Waals surface area contributed by atoms with E-state index in [0.717, 1.165) is 131 Å². The Bertz CT molecular complexity index is 4150. The minimum atomic E-state index is -4.15. The van der Waals surface area contributed by atoms with E-state index in [4.69, 9.17) is 14.6 Å². The third-order valence-electron chi connectivity index (χ3n) is 20.8. The van der Waals surface area contributed by atoms with Crippen molar-refractivity contribution < 1.29 is 53.6 Å². The molecule has 104 heavy (non-hydrogen) atoms. The van der Waals surface area contributed by atoms with Crippen molar-refractivity contribution in [2.24, 2.45) is 0 Å². The average Bonchev–Trinajstić information content (AvgIpc) is 0.864. The van der Waals surface area contributed by atoms with Crippen LogP contribution in [-0.4, -0.2) is 193 Å². The van der Waals surface area contributed by atoms with Crippen molar-refractivity contribution in [1.82, 2.24) is 29.4 Å². The molecule has 0 aliphatic carbocycles. The van der Waals surface area contributed by atoms with E-state index in [1.807, 2.05) is 72.6 Å². The maximum absolute atomic E-state index is 13.7. The first-order chi connectivity index (χ1) is 48.5. The van der Waals surface area contributed by atoms with Crippen molar-refractivity contribution >= 4 is 81.5 Å². The van der Waals surface area contributed by atoms with Crippen LogP contribution in [0.1, 0.15) is 132 Å². The highest BCUT2D eigenvalue weighted by atomic mass is 32.3. The summed E-state index contributed by atoms with van der Waals surface area (Å²) < 4.78 is 88.9. The molecule has 0 aromatic heterocycles. The van der Waals surface area contributed by atoms with Gasteiger partial charge in [0.2, 0.25) is 64.4 Å². The number of likely N-dealkylation sites (N-methyl/N-ethyl adjacent to an activating group) is 3. The highest BCUT2D eigenvalue weighted by molar-refractivity contribution is 8.09. The normalized spacial score (nSPS) is 15.8. The fourth-order valence-corrected chi connectivity index (χ4v) is 18.3. The van der Waals surface area contributed by atoms with Gasteiger partial charge in [0.15, 0.2) is 0 Å². The van der Waals surface area contributed by atoms with E-state index in [9.17, 15) is 44.7 Å². The van der Waals surface area contributed by atoms with Crippen molar-refractivity contribution in [1.29, 1.82) is 0 Å². The van der Waals surface area contributed by atoms with Crippen LogP contribution in [0, 0.1) is 0 Å². The van der Waals surface area contributed by atoms with Gasteiger partial charge < -0.3 is 49.1 Å². The molecule has 3 aliphatic rings. The number of hydrogen-bond acceptors (Lipinski definition) is 16.